The summed E-state index contributed by atoms with van der Waals surface area (Å²) < 4.78 is 5.95. The van der Waals surface area contributed by atoms with Crippen LogP contribution in [0.25, 0.3) is 22.4 Å². The number of nitrogens with one attached hydrogen (secondary N) is 2. The Balaban J connectivity index is 1.59. The molecule has 2 aromatic carbocycles. The van der Waals surface area contributed by atoms with Crippen LogP contribution in [-0.4, -0.2) is 32.7 Å². The molecule has 0 aliphatic carbocycles. The van der Waals surface area contributed by atoms with Gasteiger partial charge in [0.15, 0.2) is 5.82 Å². The first-order valence-electron chi connectivity index (χ1n) is 10.3. The third-order valence-electron chi connectivity index (χ3n) is 5.41. The number of nitrogens with zero attached hydrogens (tertiary/aromatic N) is 3. The molecule has 0 radical (unpaired) electrons. The minimum atomic E-state index is -0.528. The van der Waals surface area contributed by atoms with Crippen molar-refractivity contribution >= 4 is 22.6 Å². The fourth-order valence-corrected chi connectivity index (χ4v) is 3.83. The number of rotatable bonds is 5. The number of H-pyrrole nitrogens is 1. The van der Waals surface area contributed by atoms with Crippen molar-refractivity contribution in [3.05, 3.63) is 65.2 Å². The number of carbonyl (C=O) groups is 1. The number of hydrogen-bond acceptors (Lipinski definition) is 6. The lowest BCUT2D eigenvalue weighted by Crippen LogP contribution is -2.11. The molecule has 0 saturated heterocycles. The van der Waals surface area contributed by atoms with E-state index >= 15 is 0 Å². The molecule has 31 heavy (non-hydrogen) atoms. The van der Waals surface area contributed by atoms with E-state index in [0.717, 1.165) is 41.6 Å². The highest BCUT2D eigenvalue weighted by atomic mass is 16.5. The van der Waals surface area contributed by atoms with E-state index in [0.29, 0.717) is 41.6 Å². The van der Waals surface area contributed by atoms with Crippen LogP contribution in [0.15, 0.2) is 48.5 Å². The molecule has 8 nitrogen and oxygen atoms in total. The van der Waals surface area contributed by atoms with Crippen LogP contribution in [0.3, 0.4) is 0 Å². The molecule has 4 N–H and O–H groups in total. The normalized spacial score (nSPS) is 13.3. The van der Waals surface area contributed by atoms with E-state index in [1.54, 1.807) is 12.1 Å². The van der Waals surface area contributed by atoms with Crippen LogP contribution in [0, 0.1) is 0 Å². The second-order valence-electron chi connectivity index (χ2n) is 7.49. The van der Waals surface area contributed by atoms with Crippen molar-refractivity contribution in [2.45, 2.75) is 25.8 Å². The Kier molecular flexibility index (Phi) is 4.95. The number of carbonyl (C=O) groups excluding carboxylic acids is 1. The zero-order valence-electron chi connectivity index (χ0n) is 16.9. The molecule has 1 amide bonds. The lowest BCUT2D eigenvalue weighted by Gasteiger charge is -2.14. The summed E-state index contributed by atoms with van der Waals surface area (Å²) in [5.74, 6) is 1.27. The van der Waals surface area contributed by atoms with E-state index in [1.807, 2.05) is 24.3 Å². The highest BCUT2D eigenvalue weighted by molar-refractivity contribution is 6.07. The number of aromatic nitrogens is 4. The van der Waals surface area contributed by atoms with Crippen LogP contribution in [0.2, 0.25) is 0 Å². The maximum Gasteiger partial charge on any atom is 0.250 e. The Labute approximate surface area is 178 Å². The number of primary amides is 1. The maximum absolute atomic E-state index is 11.8. The first kappa shape index (κ1) is 19.0. The average molecular weight is 414 g/mol. The van der Waals surface area contributed by atoms with Crippen molar-refractivity contribution in [3.63, 3.8) is 0 Å². The fraction of sp³-hybridized carbons (Fsp3) is 0.217. The highest BCUT2D eigenvalue weighted by Gasteiger charge is 2.22. The summed E-state index contributed by atoms with van der Waals surface area (Å²) in [6, 6.07) is 15.5. The first-order chi connectivity index (χ1) is 15.2. The molecule has 0 saturated carbocycles. The summed E-state index contributed by atoms with van der Waals surface area (Å²) in [5, 5.41) is 11.5. The third-order valence-corrected chi connectivity index (χ3v) is 5.41. The minimum Gasteiger partial charge on any atom is -0.477 e. The smallest absolute Gasteiger partial charge is 0.250 e. The molecule has 1 aliphatic rings. The first-order valence-corrected chi connectivity index (χ1v) is 10.3. The van der Waals surface area contributed by atoms with Crippen LogP contribution >= 0.6 is 0 Å². The predicted molar refractivity (Wildman–Crippen MR) is 118 cm³/mol. The molecule has 4 aromatic rings. The SMILES string of the molecule is NC(=O)c1cccc2c(-c3nc(NCc4ccccc4)c4c(n3)OCCCC4)[nH]nc12. The Hall–Kier alpha value is -3.94. The fourth-order valence-electron chi connectivity index (χ4n) is 3.83. The third kappa shape index (κ3) is 3.68. The Morgan fingerprint density at radius 3 is 2.81 bits per heavy atom. The van der Waals surface area contributed by atoms with Crippen molar-refractivity contribution < 1.29 is 9.53 Å². The van der Waals surface area contributed by atoms with Gasteiger partial charge in [-0.3, -0.25) is 9.89 Å². The molecule has 0 unspecified atom stereocenters. The van der Waals surface area contributed by atoms with E-state index in [2.05, 4.69) is 27.6 Å². The van der Waals surface area contributed by atoms with Crippen molar-refractivity contribution in [1.29, 1.82) is 0 Å². The number of ether oxygens (including phenoxy) is 1. The minimum absolute atomic E-state index is 0.355. The van der Waals surface area contributed by atoms with Crippen LogP contribution in [0.4, 0.5) is 5.82 Å². The molecule has 0 bridgehead atoms. The van der Waals surface area contributed by atoms with Gasteiger partial charge in [-0.25, -0.2) is 4.98 Å². The summed E-state index contributed by atoms with van der Waals surface area (Å²) in [5.41, 5.74) is 9.12. The number of fused-ring (bicyclic) bond motifs is 2. The zero-order chi connectivity index (χ0) is 21.2. The van der Waals surface area contributed by atoms with Gasteiger partial charge >= 0.3 is 0 Å². The standard InChI is InChI=1S/C23H22N6O2/c24-20(30)16-11-6-10-15-18(16)28-29-19(15)22-26-21(25-13-14-7-2-1-3-8-14)17-9-4-5-12-31-23(17)27-22/h1-3,6-8,10-11H,4-5,9,12-13H2,(H2,24,30)(H,28,29)(H,25,26,27). The van der Waals surface area contributed by atoms with Gasteiger partial charge in [0.05, 0.1) is 17.7 Å². The van der Waals surface area contributed by atoms with Crippen LogP contribution < -0.4 is 15.8 Å². The number of para-hydroxylation sites is 1. The van der Waals surface area contributed by atoms with E-state index < -0.39 is 5.91 Å². The van der Waals surface area contributed by atoms with Gasteiger partial charge in [-0.2, -0.15) is 10.1 Å². The summed E-state index contributed by atoms with van der Waals surface area (Å²) in [6.45, 7) is 1.26. The van der Waals surface area contributed by atoms with Crippen molar-refractivity contribution in [3.8, 4) is 17.4 Å². The number of benzene rings is 2. The van der Waals surface area contributed by atoms with E-state index in [4.69, 9.17) is 20.4 Å². The predicted octanol–water partition coefficient (Wildman–Crippen LogP) is 3.45. The van der Waals surface area contributed by atoms with Gasteiger partial charge in [-0.05, 0) is 30.9 Å². The summed E-state index contributed by atoms with van der Waals surface area (Å²) in [4.78, 5) is 21.3. The Bertz CT molecular complexity index is 1250. The quantitative estimate of drug-likeness (QED) is 0.460. The van der Waals surface area contributed by atoms with Gasteiger partial charge in [-0.1, -0.05) is 42.5 Å². The van der Waals surface area contributed by atoms with Crippen LogP contribution in [0.1, 0.15) is 34.3 Å². The molecule has 0 fully saturated rings. The Morgan fingerprint density at radius 1 is 1.10 bits per heavy atom. The average Bonchev–Trinajstić information content (AvgIpc) is 3.08. The molecule has 156 valence electrons. The molecule has 2 aromatic heterocycles. The van der Waals surface area contributed by atoms with Gasteiger partial charge < -0.3 is 15.8 Å². The number of hydrogen-bond donors (Lipinski definition) is 3. The van der Waals surface area contributed by atoms with Crippen molar-refractivity contribution in [2.75, 3.05) is 11.9 Å². The van der Waals surface area contributed by atoms with Gasteiger partial charge in [0, 0.05) is 11.9 Å². The van der Waals surface area contributed by atoms with Gasteiger partial charge in [0.2, 0.25) is 5.88 Å². The molecule has 0 atom stereocenters. The van der Waals surface area contributed by atoms with E-state index in [9.17, 15) is 4.79 Å². The molecule has 8 heteroatoms. The lowest BCUT2D eigenvalue weighted by molar-refractivity contribution is 0.100. The number of aromatic amines is 1. The summed E-state index contributed by atoms with van der Waals surface area (Å²) in [7, 11) is 0. The van der Waals surface area contributed by atoms with Crippen molar-refractivity contribution in [2.24, 2.45) is 5.73 Å². The second kappa shape index (κ2) is 8.06. The van der Waals surface area contributed by atoms with E-state index in [1.165, 1.54) is 0 Å². The van der Waals surface area contributed by atoms with Crippen molar-refractivity contribution in [1.82, 2.24) is 20.2 Å². The number of anilines is 1. The molecule has 5 rings (SSSR count). The number of nitrogens with two attached hydrogens (primary N) is 1. The monoisotopic (exact) mass is 414 g/mol. The Morgan fingerprint density at radius 2 is 1.97 bits per heavy atom. The van der Waals surface area contributed by atoms with Gasteiger partial charge in [0.1, 0.15) is 17.0 Å². The zero-order valence-corrected chi connectivity index (χ0v) is 16.9. The van der Waals surface area contributed by atoms with Gasteiger partial charge in [-0.15, -0.1) is 0 Å². The van der Waals surface area contributed by atoms with Gasteiger partial charge in [0.25, 0.3) is 5.91 Å². The van der Waals surface area contributed by atoms with Crippen LogP contribution in [0.5, 0.6) is 5.88 Å². The number of amides is 1. The maximum atomic E-state index is 11.8. The molecule has 3 heterocycles. The van der Waals surface area contributed by atoms with E-state index in [-0.39, 0.29) is 0 Å². The largest absolute Gasteiger partial charge is 0.477 e. The molecular formula is C23H22N6O2. The molecular weight excluding hydrogens is 392 g/mol. The lowest BCUT2D eigenvalue weighted by atomic mass is 10.1. The topological polar surface area (TPSA) is 119 Å². The summed E-state index contributed by atoms with van der Waals surface area (Å²) >= 11 is 0. The highest BCUT2D eigenvalue weighted by Crippen LogP contribution is 2.33. The molecule has 1 aliphatic heterocycles. The summed E-state index contributed by atoms with van der Waals surface area (Å²) in [6.07, 6.45) is 2.84. The van der Waals surface area contributed by atoms with Crippen LogP contribution in [-0.2, 0) is 13.0 Å². The second-order valence-corrected chi connectivity index (χ2v) is 7.49. The molecule has 0 spiro atoms.